The minimum Gasteiger partial charge on any atom is -0.495 e. The second kappa shape index (κ2) is 11.4. The van der Waals surface area contributed by atoms with Gasteiger partial charge in [-0.1, -0.05) is 51.4 Å². The van der Waals surface area contributed by atoms with Crippen LogP contribution in [0.15, 0.2) is 23.1 Å². The molecule has 2 saturated carbocycles. The Morgan fingerprint density at radius 2 is 1.75 bits per heavy atom. The molecule has 4 rings (SSSR count). The number of nitrogens with zero attached hydrogens (tertiary/aromatic N) is 1. The molecule has 2 N–H and O–H groups in total. The van der Waals surface area contributed by atoms with Gasteiger partial charge in [0, 0.05) is 12.6 Å². The van der Waals surface area contributed by atoms with Crippen LogP contribution in [-0.4, -0.2) is 33.1 Å². The number of hydrogen-bond donors (Lipinski definition) is 2. The molecule has 2 aliphatic rings. The first-order valence-electron chi connectivity index (χ1n) is 13.5. The Balaban J connectivity index is 1.49. The summed E-state index contributed by atoms with van der Waals surface area (Å²) >= 11 is 1.59. The molecule has 1 aromatic carbocycles. The van der Waals surface area contributed by atoms with Gasteiger partial charge in [0.15, 0.2) is 5.13 Å². The summed E-state index contributed by atoms with van der Waals surface area (Å²) in [6, 6.07) is 5.39. The minimum atomic E-state index is -3.72. The van der Waals surface area contributed by atoms with Crippen molar-refractivity contribution >= 4 is 26.5 Å². The first kappa shape index (κ1) is 27.4. The Bertz CT molecular complexity index is 1120. The highest BCUT2D eigenvalue weighted by Gasteiger charge is 2.32. The fourth-order valence-electron chi connectivity index (χ4n) is 5.75. The quantitative estimate of drug-likeness (QED) is 0.382. The summed E-state index contributed by atoms with van der Waals surface area (Å²) in [7, 11) is -2.20. The van der Waals surface area contributed by atoms with Crippen LogP contribution in [0.5, 0.6) is 5.75 Å². The van der Waals surface area contributed by atoms with E-state index in [4.69, 9.17) is 9.72 Å². The van der Waals surface area contributed by atoms with E-state index in [0.717, 1.165) is 53.5 Å². The molecule has 0 radical (unpaired) electrons. The number of ether oxygens (including phenoxy) is 1. The number of rotatable bonds is 8. The van der Waals surface area contributed by atoms with Crippen LogP contribution in [0.25, 0.3) is 10.4 Å². The molecule has 2 aromatic rings. The largest absolute Gasteiger partial charge is 0.495 e. The van der Waals surface area contributed by atoms with Crippen LogP contribution in [0.2, 0.25) is 0 Å². The van der Waals surface area contributed by atoms with Crippen molar-refractivity contribution in [2.75, 3.05) is 19.0 Å². The van der Waals surface area contributed by atoms with E-state index < -0.39 is 10.0 Å². The van der Waals surface area contributed by atoms with Crippen molar-refractivity contribution in [2.45, 2.75) is 96.4 Å². The zero-order valence-corrected chi connectivity index (χ0v) is 24.2. The van der Waals surface area contributed by atoms with E-state index >= 15 is 0 Å². The van der Waals surface area contributed by atoms with Crippen LogP contribution in [-0.2, 0) is 10.0 Å². The number of benzene rings is 1. The molecule has 0 atom stereocenters. The number of nitrogens with one attached hydrogen (secondary N) is 2. The molecule has 36 heavy (non-hydrogen) atoms. The van der Waals surface area contributed by atoms with Crippen molar-refractivity contribution in [3.8, 4) is 16.2 Å². The Morgan fingerprint density at radius 3 is 2.39 bits per heavy atom. The lowest BCUT2D eigenvalue weighted by Gasteiger charge is -2.37. The second-order valence-electron chi connectivity index (χ2n) is 11.7. The van der Waals surface area contributed by atoms with Crippen molar-refractivity contribution in [2.24, 2.45) is 17.3 Å². The Hall–Kier alpha value is -1.64. The molecule has 6 nitrogen and oxygen atoms in total. The number of hydrogen-bond acceptors (Lipinski definition) is 6. The third-order valence-corrected chi connectivity index (χ3v) is 10.8. The van der Waals surface area contributed by atoms with Crippen LogP contribution in [0, 0.1) is 24.2 Å². The van der Waals surface area contributed by atoms with E-state index in [1.807, 2.05) is 13.0 Å². The molecule has 0 unspecified atom stereocenters. The van der Waals surface area contributed by atoms with Crippen LogP contribution in [0.4, 0.5) is 5.13 Å². The van der Waals surface area contributed by atoms with E-state index in [1.165, 1.54) is 39.2 Å². The van der Waals surface area contributed by atoms with Gasteiger partial charge in [-0.25, -0.2) is 18.1 Å². The standard InChI is InChI=1S/C28H43N3O3S2/c1-19-26(35-27(30-19)29-18-20-9-7-6-8-10-20)21-11-16-24(34-5)25(17-21)36(32,33)31-23-14-12-22(13-15-23)28(2,3)4/h11,16-17,20,22-23,31H,6-10,12-15,18H2,1-5H3,(H,29,30). The zero-order valence-electron chi connectivity index (χ0n) is 22.5. The first-order valence-corrected chi connectivity index (χ1v) is 15.8. The summed E-state index contributed by atoms with van der Waals surface area (Å²) in [6.07, 6.45) is 10.4. The molecule has 2 aliphatic carbocycles. The lowest BCUT2D eigenvalue weighted by Crippen LogP contribution is -2.39. The van der Waals surface area contributed by atoms with Crippen molar-refractivity contribution in [3.63, 3.8) is 0 Å². The molecule has 0 spiro atoms. The van der Waals surface area contributed by atoms with Crippen LogP contribution < -0.4 is 14.8 Å². The average Bonchev–Trinajstić information content (AvgIpc) is 3.23. The van der Waals surface area contributed by atoms with Gasteiger partial charge in [0.25, 0.3) is 0 Å². The number of anilines is 1. The summed E-state index contributed by atoms with van der Waals surface area (Å²) in [5.41, 5.74) is 2.03. The topological polar surface area (TPSA) is 80.3 Å². The average molecular weight is 534 g/mol. The Labute approximate surface area is 221 Å². The maximum Gasteiger partial charge on any atom is 0.244 e. The van der Waals surface area contributed by atoms with Gasteiger partial charge in [-0.15, -0.1) is 0 Å². The molecule has 0 saturated heterocycles. The van der Waals surface area contributed by atoms with Crippen molar-refractivity contribution < 1.29 is 13.2 Å². The third kappa shape index (κ3) is 6.62. The number of aromatic nitrogens is 1. The Kier molecular flexibility index (Phi) is 8.67. The van der Waals surface area contributed by atoms with Crippen molar-refractivity contribution in [1.82, 2.24) is 9.71 Å². The summed E-state index contributed by atoms with van der Waals surface area (Å²) < 4.78 is 35.4. The molecule has 200 valence electrons. The summed E-state index contributed by atoms with van der Waals surface area (Å²) in [4.78, 5) is 5.93. The van der Waals surface area contributed by atoms with Crippen LogP contribution in [0.1, 0.15) is 84.3 Å². The van der Waals surface area contributed by atoms with E-state index in [-0.39, 0.29) is 16.4 Å². The number of sulfonamides is 1. The summed E-state index contributed by atoms with van der Waals surface area (Å²) in [5.74, 6) is 1.72. The second-order valence-corrected chi connectivity index (χ2v) is 14.4. The molecule has 1 aromatic heterocycles. The minimum absolute atomic E-state index is 0.0392. The van der Waals surface area contributed by atoms with Gasteiger partial charge in [-0.2, -0.15) is 0 Å². The van der Waals surface area contributed by atoms with Gasteiger partial charge in [0.05, 0.1) is 17.7 Å². The molecule has 8 heteroatoms. The van der Waals surface area contributed by atoms with Gasteiger partial charge in [0.2, 0.25) is 10.0 Å². The highest BCUT2D eigenvalue weighted by Crippen LogP contribution is 2.39. The SMILES string of the molecule is COc1ccc(-c2sc(NCC3CCCCC3)nc2C)cc1S(=O)(=O)NC1CCC(C(C)(C)C)CC1. The molecule has 2 fully saturated rings. The number of thiazole rings is 1. The zero-order chi connectivity index (χ0) is 25.9. The lowest BCUT2D eigenvalue weighted by molar-refractivity contribution is 0.166. The van der Waals surface area contributed by atoms with Crippen LogP contribution >= 0.6 is 11.3 Å². The lowest BCUT2D eigenvalue weighted by atomic mass is 9.71. The highest BCUT2D eigenvalue weighted by molar-refractivity contribution is 7.89. The molecule has 1 heterocycles. The molecule has 0 bridgehead atoms. The van der Waals surface area contributed by atoms with Crippen molar-refractivity contribution in [3.05, 3.63) is 23.9 Å². The smallest absolute Gasteiger partial charge is 0.244 e. The normalized spacial score (nSPS) is 21.9. The maximum absolute atomic E-state index is 13.5. The predicted octanol–water partition coefficient (Wildman–Crippen LogP) is 7.00. The molecule has 0 amide bonds. The van der Waals surface area contributed by atoms with Gasteiger partial charge in [0.1, 0.15) is 10.6 Å². The summed E-state index contributed by atoms with van der Waals surface area (Å²) in [6.45, 7) is 9.77. The van der Waals surface area contributed by atoms with E-state index in [2.05, 4.69) is 30.8 Å². The molecular weight excluding hydrogens is 490 g/mol. The van der Waals surface area contributed by atoms with Gasteiger partial charge in [-0.05, 0) is 86.5 Å². The van der Waals surface area contributed by atoms with Crippen LogP contribution in [0.3, 0.4) is 0 Å². The van der Waals surface area contributed by atoms with Gasteiger partial charge < -0.3 is 10.1 Å². The summed E-state index contributed by atoms with van der Waals surface area (Å²) in [5, 5.41) is 4.44. The fourth-order valence-corrected chi connectivity index (χ4v) is 8.22. The van der Waals surface area contributed by atoms with Crippen molar-refractivity contribution in [1.29, 1.82) is 0 Å². The molecular formula is C28H43N3O3S2. The maximum atomic E-state index is 13.5. The van der Waals surface area contributed by atoms with Gasteiger partial charge >= 0.3 is 0 Å². The van der Waals surface area contributed by atoms with E-state index in [1.54, 1.807) is 23.5 Å². The van der Waals surface area contributed by atoms with E-state index in [0.29, 0.717) is 17.6 Å². The first-order chi connectivity index (χ1) is 17.1. The predicted molar refractivity (Wildman–Crippen MR) is 149 cm³/mol. The molecule has 0 aliphatic heterocycles. The monoisotopic (exact) mass is 533 g/mol. The number of methoxy groups -OCH3 is 1. The van der Waals surface area contributed by atoms with Gasteiger partial charge in [-0.3, -0.25) is 0 Å². The fraction of sp³-hybridized carbons (Fsp3) is 0.679. The Morgan fingerprint density at radius 1 is 1.06 bits per heavy atom. The number of aryl methyl sites for hydroxylation is 1. The van der Waals surface area contributed by atoms with E-state index in [9.17, 15) is 8.42 Å². The highest BCUT2D eigenvalue weighted by atomic mass is 32.2. The third-order valence-electron chi connectivity index (χ3n) is 8.05.